The van der Waals surface area contributed by atoms with Gasteiger partial charge >= 0.3 is 0 Å². The first kappa shape index (κ1) is 23.9. The van der Waals surface area contributed by atoms with E-state index < -0.39 is 14.6 Å². The first-order valence-corrected chi connectivity index (χ1v) is 14.0. The number of carbonyl (C=O) groups excluding carboxylic acids is 1. The first-order chi connectivity index (χ1) is 14.6. The minimum absolute atomic E-state index is 0.0112. The summed E-state index contributed by atoms with van der Waals surface area (Å²) in [7, 11) is -1.86. The Hall–Kier alpha value is -1.73. The molecule has 0 saturated carbocycles. The van der Waals surface area contributed by atoms with Gasteiger partial charge in [-0.3, -0.25) is 4.79 Å². The van der Waals surface area contributed by atoms with Crippen LogP contribution >= 0.6 is 0 Å². The summed E-state index contributed by atoms with van der Waals surface area (Å²) >= 11 is 0. The summed E-state index contributed by atoms with van der Waals surface area (Å²) in [5, 5.41) is 0.148. The van der Waals surface area contributed by atoms with Gasteiger partial charge in [0, 0.05) is 18.4 Å². The van der Waals surface area contributed by atoms with Gasteiger partial charge in [-0.2, -0.15) is 0 Å². The van der Waals surface area contributed by atoms with Gasteiger partial charge in [0.15, 0.2) is 20.4 Å². The maximum absolute atomic E-state index is 11.8. The molecule has 4 atom stereocenters. The molecule has 170 valence electrons. The van der Waals surface area contributed by atoms with E-state index in [1.165, 1.54) is 12.3 Å². The summed E-state index contributed by atoms with van der Waals surface area (Å²) in [5.41, 5.74) is 1.10. The van der Waals surface area contributed by atoms with E-state index in [0.717, 1.165) is 5.56 Å². The van der Waals surface area contributed by atoms with Crippen molar-refractivity contribution in [1.29, 1.82) is 0 Å². The smallest absolute Gasteiger partial charge is 0.192 e. The van der Waals surface area contributed by atoms with Crippen LogP contribution in [0.2, 0.25) is 18.1 Å². The number of benzene rings is 1. The number of hydrogen-bond donors (Lipinski definition) is 0. The van der Waals surface area contributed by atoms with Crippen molar-refractivity contribution in [3.05, 3.63) is 60.4 Å². The zero-order chi connectivity index (χ0) is 22.5. The van der Waals surface area contributed by atoms with E-state index in [2.05, 4.69) is 46.0 Å². The minimum atomic E-state index is -1.86. The average Bonchev–Trinajstić information content (AvgIpc) is 2.72. The highest BCUT2D eigenvalue weighted by Gasteiger charge is 2.38. The molecule has 0 bridgehead atoms. The lowest BCUT2D eigenvalue weighted by atomic mass is 9.94. The van der Waals surface area contributed by atoms with Crippen molar-refractivity contribution in [2.24, 2.45) is 5.92 Å². The fourth-order valence-electron chi connectivity index (χ4n) is 3.39. The molecule has 2 heterocycles. The molecule has 3 rings (SSSR count). The van der Waals surface area contributed by atoms with Gasteiger partial charge < -0.3 is 18.6 Å². The van der Waals surface area contributed by atoms with Crippen molar-refractivity contribution >= 4 is 14.1 Å². The predicted octanol–water partition coefficient (Wildman–Crippen LogP) is 5.38. The number of allylic oxidation sites excluding steroid dienone is 1. The molecule has 0 amide bonds. The molecule has 0 spiro atoms. The third kappa shape index (κ3) is 6.87. The van der Waals surface area contributed by atoms with Crippen molar-refractivity contribution < 1.29 is 23.4 Å². The van der Waals surface area contributed by atoms with E-state index in [1.807, 2.05) is 30.3 Å². The molecule has 0 saturated heterocycles. The SMILES string of the molecule is CC(C)(C)[Si](C)(C)OC[C@@H]1C=C[C@@H](CC2CC(=O)C=CO2)[C@@H](OCc2ccccc2)O1. The second-order valence-corrected chi connectivity index (χ2v) is 14.7. The predicted molar refractivity (Wildman–Crippen MR) is 124 cm³/mol. The number of ether oxygens (including phenoxy) is 3. The summed E-state index contributed by atoms with van der Waals surface area (Å²) in [6, 6.07) is 10.1. The van der Waals surface area contributed by atoms with E-state index in [-0.39, 0.29) is 28.9 Å². The summed E-state index contributed by atoms with van der Waals surface area (Å²) in [6.07, 6.45) is 7.54. The van der Waals surface area contributed by atoms with Crippen LogP contribution in [-0.2, 0) is 30.0 Å². The Kier molecular flexibility index (Phi) is 7.91. The molecule has 0 aromatic heterocycles. The largest absolute Gasteiger partial charge is 0.497 e. The molecular formula is C25H36O5Si. The molecular weight excluding hydrogens is 408 g/mol. The van der Waals surface area contributed by atoms with Crippen molar-refractivity contribution in [2.75, 3.05) is 6.61 Å². The van der Waals surface area contributed by atoms with Gasteiger partial charge in [-0.15, -0.1) is 0 Å². The Morgan fingerprint density at radius 3 is 2.55 bits per heavy atom. The van der Waals surface area contributed by atoms with Crippen molar-refractivity contribution in [3.8, 4) is 0 Å². The third-order valence-corrected chi connectivity index (χ3v) is 10.9. The Morgan fingerprint density at radius 1 is 1.13 bits per heavy atom. The fourth-order valence-corrected chi connectivity index (χ4v) is 4.41. The highest BCUT2D eigenvalue weighted by atomic mass is 28.4. The molecule has 0 aliphatic carbocycles. The summed E-state index contributed by atoms with van der Waals surface area (Å²) in [4.78, 5) is 11.8. The van der Waals surface area contributed by atoms with Crippen LogP contribution in [0.25, 0.3) is 0 Å². The van der Waals surface area contributed by atoms with Crippen molar-refractivity contribution in [3.63, 3.8) is 0 Å². The second kappa shape index (κ2) is 10.3. The Labute approximate surface area is 187 Å². The van der Waals surface area contributed by atoms with Crippen LogP contribution in [0.1, 0.15) is 39.2 Å². The van der Waals surface area contributed by atoms with Crippen LogP contribution in [0.3, 0.4) is 0 Å². The molecule has 1 aromatic rings. The van der Waals surface area contributed by atoms with E-state index in [1.54, 1.807) is 0 Å². The molecule has 31 heavy (non-hydrogen) atoms. The van der Waals surface area contributed by atoms with Gasteiger partial charge in [0.05, 0.1) is 19.5 Å². The quantitative estimate of drug-likeness (QED) is 0.398. The maximum Gasteiger partial charge on any atom is 0.192 e. The topological polar surface area (TPSA) is 54.0 Å². The van der Waals surface area contributed by atoms with Crippen LogP contribution in [0.4, 0.5) is 0 Å². The lowest BCUT2D eigenvalue weighted by Crippen LogP contribution is -2.44. The van der Waals surface area contributed by atoms with Crippen LogP contribution in [0.5, 0.6) is 0 Å². The molecule has 2 aliphatic rings. The van der Waals surface area contributed by atoms with Crippen molar-refractivity contribution in [2.45, 2.75) is 76.8 Å². The van der Waals surface area contributed by atoms with Gasteiger partial charge in [0.25, 0.3) is 0 Å². The summed E-state index contributed by atoms with van der Waals surface area (Å²) in [6.45, 7) is 12.2. The third-order valence-electron chi connectivity index (χ3n) is 6.39. The number of carbonyl (C=O) groups is 1. The molecule has 0 N–H and O–H groups in total. The zero-order valence-corrected chi connectivity index (χ0v) is 20.4. The van der Waals surface area contributed by atoms with E-state index in [0.29, 0.717) is 26.1 Å². The monoisotopic (exact) mass is 444 g/mol. The molecule has 5 nitrogen and oxygen atoms in total. The molecule has 6 heteroatoms. The summed E-state index contributed by atoms with van der Waals surface area (Å²) < 4.78 is 24.6. The fraction of sp³-hybridized carbons (Fsp3) is 0.560. The summed E-state index contributed by atoms with van der Waals surface area (Å²) in [5.74, 6) is 0.108. The number of rotatable bonds is 8. The lowest BCUT2D eigenvalue weighted by molar-refractivity contribution is -0.201. The maximum atomic E-state index is 11.8. The molecule has 2 aliphatic heterocycles. The molecule has 1 unspecified atom stereocenters. The Bertz CT molecular complexity index is 781. The minimum Gasteiger partial charge on any atom is -0.497 e. The van der Waals surface area contributed by atoms with Gasteiger partial charge in [0.1, 0.15) is 12.2 Å². The molecule has 0 radical (unpaired) electrons. The van der Waals surface area contributed by atoms with Crippen LogP contribution in [0.15, 0.2) is 54.8 Å². The standard InChI is InChI=1S/C25H36O5Si/c1-25(2,3)31(4,5)29-18-22-12-11-20(15-23-16-21(26)13-14-27-23)24(30-22)28-17-19-9-7-6-8-10-19/h6-14,20,22-24H,15-18H2,1-5H3/t20-,22-,23?,24-/m0/s1. The second-order valence-electron chi connectivity index (χ2n) is 9.93. The molecule has 0 fully saturated rings. The van der Waals surface area contributed by atoms with E-state index >= 15 is 0 Å². The van der Waals surface area contributed by atoms with Crippen LogP contribution < -0.4 is 0 Å². The van der Waals surface area contributed by atoms with Crippen LogP contribution in [-0.4, -0.2) is 39.2 Å². The highest BCUT2D eigenvalue weighted by molar-refractivity contribution is 6.74. The Balaban J connectivity index is 1.65. The van der Waals surface area contributed by atoms with Crippen LogP contribution in [0, 0.1) is 5.92 Å². The van der Waals surface area contributed by atoms with Gasteiger partial charge in [-0.1, -0.05) is 63.3 Å². The highest BCUT2D eigenvalue weighted by Crippen LogP contribution is 2.37. The number of ketones is 1. The van der Waals surface area contributed by atoms with Gasteiger partial charge in [0.2, 0.25) is 0 Å². The molecule has 1 aromatic carbocycles. The number of hydrogen-bond acceptors (Lipinski definition) is 5. The first-order valence-electron chi connectivity index (χ1n) is 11.1. The lowest BCUT2D eigenvalue weighted by Gasteiger charge is -2.39. The van der Waals surface area contributed by atoms with E-state index in [9.17, 15) is 4.79 Å². The normalized spacial score (nSPS) is 26.7. The Morgan fingerprint density at radius 2 is 1.87 bits per heavy atom. The average molecular weight is 445 g/mol. The van der Waals surface area contributed by atoms with Gasteiger partial charge in [-0.25, -0.2) is 0 Å². The van der Waals surface area contributed by atoms with Crippen molar-refractivity contribution in [1.82, 2.24) is 0 Å². The van der Waals surface area contributed by atoms with Gasteiger partial charge in [-0.05, 0) is 30.1 Å². The van der Waals surface area contributed by atoms with E-state index in [4.69, 9.17) is 18.6 Å². The zero-order valence-electron chi connectivity index (χ0n) is 19.4.